The van der Waals surface area contributed by atoms with Gasteiger partial charge in [-0.1, -0.05) is 11.3 Å². The smallest absolute Gasteiger partial charge is 0.285 e. The number of nitrogens with one attached hydrogen (secondary N) is 2. The minimum absolute atomic E-state index is 0.0190. The molecule has 1 aromatic carbocycles. The number of carbonyl (C=O) groups is 1. The van der Waals surface area contributed by atoms with Crippen LogP contribution in [0.15, 0.2) is 17.6 Å². The molecule has 110 valence electrons. The summed E-state index contributed by atoms with van der Waals surface area (Å²) in [5.41, 5.74) is 0.549. The quantitative estimate of drug-likeness (QED) is 0.647. The summed E-state index contributed by atoms with van der Waals surface area (Å²) in [6.45, 7) is 2.15. The van der Waals surface area contributed by atoms with Gasteiger partial charge in [-0.15, -0.1) is 10.2 Å². The van der Waals surface area contributed by atoms with Crippen LogP contribution in [-0.4, -0.2) is 27.6 Å². The molecule has 2 N–H and O–H groups in total. The number of rotatable bonds is 5. The maximum atomic E-state index is 13.7. The lowest BCUT2D eigenvalue weighted by Gasteiger charge is -2.08. The second-order valence-corrected chi connectivity index (χ2v) is 4.67. The van der Waals surface area contributed by atoms with Crippen LogP contribution in [0.3, 0.4) is 0 Å². The van der Waals surface area contributed by atoms with Gasteiger partial charge in [0.1, 0.15) is 11.1 Å². The molecule has 0 aliphatic heterocycles. The molecule has 2 rings (SSSR count). The van der Waals surface area contributed by atoms with E-state index in [1.54, 1.807) is 6.92 Å². The molecule has 0 atom stereocenters. The van der Waals surface area contributed by atoms with E-state index >= 15 is 0 Å². The number of anilines is 2. The molecule has 1 heterocycles. The van der Waals surface area contributed by atoms with E-state index in [1.165, 1.54) is 5.51 Å². The Morgan fingerprint density at radius 3 is 2.86 bits per heavy atom. The van der Waals surface area contributed by atoms with Gasteiger partial charge >= 0.3 is 0 Å². The molecule has 2 aromatic rings. The van der Waals surface area contributed by atoms with Crippen molar-refractivity contribution >= 4 is 33.8 Å². The first kappa shape index (κ1) is 14.8. The molecule has 0 saturated carbocycles. The highest BCUT2D eigenvalue weighted by Crippen LogP contribution is 2.27. The van der Waals surface area contributed by atoms with E-state index in [0.29, 0.717) is 12.6 Å². The first-order valence-corrected chi connectivity index (χ1v) is 6.70. The first-order chi connectivity index (χ1) is 10.0. The third-order valence-corrected chi connectivity index (χ3v) is 3.08. The summed E-state index contributed by atoms with van der Waals surface area (Å²) in [6.07, 6.45) is 0. The average Bonchev–Trinajstić information content (AvgIpc) is 2.93. The maximum Gasteiger partial charge on any atom is 0.285 e. The number of nitro benzene ring substituents is 1. The molecule has 8 nitrogen and oxygen atoms in total. The summed E-state index contributed by atoms with van der Waals surface area (Å²) >= 11 is 1.06. The van der Waals surface area contributed by atoms with E-state index in [1.807, 2.05) is 0 Å². The van der Waals surface area contributed by atoms with Gasteiger partial charge in [-0.3, -0.25) is 20.2 Å². The number of amides is 1. The molecule has 21 heavy (non-hydrogen) atoms. The van der Waals surface area contributed by atoms with E-state index in [-0.39, 0.29) is 16.4 Å². The molecule has 0 fully saturated rings. The highest BCUT2D eigenvalue weighted by Gasteiger charge is 2.24. The van der Waals surface area contributed by atoms with Crippen molar-refractivity contribution in [2.75, 3.05) is 17.2 Å². The van der Waals surface area contributed by atoms with Crippen molar-refractivity contribution in [1.29, 1.82) is 0 Å². The second kappa shape index (κ2) is 6.22. The average molecular weight is 311 g/mol. The van der Waals surface area contributed by atoms with E-state index in [2.05, 4.69) is 20.8 Å². The molecule has 0 bridgehead atoms. The zero-order valence-corrected chi connectivity index (χ0v) is 11.6. The molecule has 0 aliphatic carbocycles. The Balaban J connectivity index is 2.41. The van der Waals surface area contributed by atoms with E-state index in [4.69, 9.17) is 0 Å². The second-order valence-electron chi connectivity index (χ2n) is 3.83. The van der Waals surface area contributed by atoms with Crippen molar-refractivity contribution in [3.8, 4) is 0 Å². The minimum Gasteiger partial charge on any atom is -0.383 e. The van der Waals surface area contributed by atoms with Crippen LogP contribution in [-0.2, 0) is 0 Å². The number of hydrogen-bond donors (Lipinski definition) is 2. The van der Waals surface area contributed by atoms with Crippen LogP contribution in [0, 0.1) is 15.9 Å². The Hall–Kier alpha value is -2.62. The Morgan fingerprint density at radius 2 is 2.29 bits per heavy atom. The van der Waals surface area contributed by atoms with Crippen molar-refractivity contribution in [2.45, 2.75) is 6.92 Å². The third-order valence-electron chi connectivity index (χ3n) is 2.47. The van der Waals surface area contributed by atoms with Crippen molar-refractivity contribution in [1.82, 2.24) is 10.2 Å². The third kappa shape index (κ3) is 3.28. The maximum absolute atomic E-state index is 13.7. The number of hydrogen-bond acceptors (Lipinski definition) is 7. The number of carbonyl (C=O) groups excluding carboxylic acids is 1. The highest BCUT2D eigenvalue weighted by molar-refractivity contribution is 7.13. The summed E-state index contributed by atoms with van der Waals surface area (Å²) in [5, 5.41) is 23.4. The number of nitro groups is 1. The van der Waals surface area contributed by atoms with Gasteiger partial charge in [-0.05, 0) is 13.0 Å². The Kier molecular flexibility index (Phi) is 4.38. The number of aromatic nitrogens is 2. The predicted octanol–water partition coefficient (Wildman–Crippen LogP) is 2.27. The molecule has 0 aliphatic rings. The largest absolute Gasteiger partial charge is 0.383 e. The fourth-order valence-corrected chi connectivity index (χ4v) is 2.05. The Morgan fingerprint density at radius 1 is 1.52 bits per heavy atom. The molecular weight excluding hydrogens is 301 g/mol. The number of benzene rings is 1. The molecule has 0 saturated heterocycles. The van der Waals surface area contributed by atoms with Gasteiger partial charge in [0.25, 0.3) is 11.6 Å². The van der Waals surface area contributed by atoms with Gasteiger partial charge in [0.2, 0.25) is 5.13 Å². The molecule has 0 radical (unpaired) electrons. The highest BCUT2D eigenvalue weighted by atomic mass is 32.1. The fourth-order valence-electron chi connectivity index (χ4n) is 1.61. The monoisotopic (exact) mass is 311 g/mol. The van der Waals surface area contributed by atoms with Crippen molar-refractivity contribution in [3.05, 3.63) is 39.1 Å². The van der Waals surface area contributed by atoms with Crippen LogP contribution in [0.1, 0.15) is 17.3 Å². The molecule has 1 aromatic heterocycles. The lowest BCUT2D eigenvalue weighted by molar-refractivity contribution is -0.385. The summed E-state index contributed by atoms with van der Waals surface area (Å²) < 4.78 is 13.7. The SMILES string of the molecule is CCNc1cc(C(=O)Nc2nncs2)c([N+](=O)[O-])cc1F. The van der Waals surface area contributed by atoms with Crippen LogP contribution in [0.2, 0.25) is 0 Å². The van der Waals surface area contributed by atoms with Crippen molar-refractivity contribution < 1.29 is 14.1 Å². The lowest BCUT2D eigenvalue weighted by Crippen LogP contribution is -2.15. The first-order valence-electron chi connectivity index (χ1n) is 5.82. The van der Waals surface area contributed by atoms with Gasteiger partial charge < -0.3 is 5.32 Å². The lowest BCUT2D eigenvalue weighted by atomic mass is 10.1. The van der Waals surface area contributed by atoms with Gasteiger partial charge in [-0.2, -0.15) is 0 Å². The fraction of sp³-hybridized carbons (Fsp3) is 0.182. The Bertz CT molecular complexity index is 677. The predicted molar refractivity (Wildman–Crippen MR) is 75.1 cm³/mol. The molecular formula is C11H10FN5O3S. The molecule has 0 unspecified atom stereocenters. The summed E-state index contributed by atoms with van der Waals surface area (Å²) in [7, 11) is 0. The van der Waals surface area contributed by atoms with Crippen LogP contribution in [0.25, 0.3) is 0 Å². The summed E-state index contributed by atoms with van der Waals surface area (Å²) in [6, 6.07) is 1.82. The van der Waals surface area contributed by atoms with Crippen LogP contribution >= 0.6 is 11.3 Å². The van der Waals surface area contributed by atoms with Crippen LogP contribution < -0.4 is 10.6 Å². The normalized spacial score (nSPS) is 10.2. The minimum atomic E-state index is -0.812. The van der Waals surface area contributed by atoms with Crippen molar-refractivity contribution in [3.63, 3.8) is 0 Å². The van der Waals surface area contributed by atoms with Crippen LogP contribution in [0.4, 0.5) is 20.9 Å². The summed E-state index contributed by atoms with van der Waals surface area (Å²) in [5.74, 6) is -1.55. The zero-order valence-electron chi connectivity index (χ0n) is 10.8. The summed E-state index contributed by atoms with van der Waals surface area (Å²) in [4.78, 5) is 22.2. The molecule has 1 amide bonds. The topological polar surface area (TPSA) is 110 Å². The standard InChI is InChI=1S/C11H10FN5O3S/c1-2-13-8-3-6(9(17(19)20)4-7(8)12)10(18)15-11-16-14-5-21-11/h3-5,13H,2H2,1H3,(H,15,16,18). The van der Waals surface area contributed by atoms with Gasteiger partial charge in [0, 0.05) is 6.54 Å². The van der Waals surface area contributed by atoms with E-state index < -0.39 is 22.3 Å². The van der Waals surface area contributed by atoms with E-state index in [0.717, 1.165) is 17.4 Å². The van der Waals surface area contributed by atoms with Gasteiger partial charge in [-0.25, -0.2) is 4.39 Å². The van der Waals surface area contributed by atoms with Crippen molar-refractivity contribution in [2.24, 2.45) is 0 Å². The number of nitrogens with zero attached hydrogens (tertiary/aromatic N) is 3. The molecule has 0 spiro atoms. The number of halogens is 1. The van der Waals surface area contributed by atoms with Crippen LogP contribution in [0.5, 0.6) is 0 Å². The zero-order chi connectivity index (χ0) is 15.4. The Labute approximate surface area is 122 Å². The molecule has 10 heteroatoms. The van der Waals surface area contributed by atoms with Gasteiger partial charge in [0.15, 0.2) is 5.82 Å². The van der Waals surface area contributed by atoms with Gasteiger partial charge in [0.05, 0.1) is 16.7 Å². The van der Waals surface area contributed by atoms with E-state index in [9.17, 15) is 19.3 Å².